The van der Waals surface area contributed by atoms with E-state index in [2.05, 4.69) is 9.88 Å². The molecule has 0 aromatic rings. The lowest BCUT2D eigenvalue weighted by Crippen LogP contribution is -2.45. The summed E-state index contributed by atoms with van der Waals surface area (Å²) in [4.78, 5) is 0. The molecule has 0 amide bonds. The Morgan fingerprint density at radius 1 is 1.56 bits per heavy atom. The highest BCUT2D eigenvalue weighted by Gasteiger charge is 2.21. The average Bonchev–Trinajstić information content (AvgIpc) is 2.22. The van der Waals surface area contributed by atoms with Crippen molar-refractivity contribution in [1.29, 1.82) is 0 Å². The van der Waals surface area contributed by atoms with E-state index in [-0.39, 0.29) is 24.8 Å². The Morgan fingerprint density at radius 2 is 2.12 bits per heavy atom. The van der Waals surface area contributed by atoms with Crippen molar-refractivity contribution in [2.45, 2.75) is 20.8 Å². The van der Waals surface area contributed by atoms with E-state index in [1.807, 2.05) is 13.8 Å². The molecule has 0 aliphatic carbocycles. The first-order valence-electron chi connectivity index (χ1n) is 5.04. The molecule has 0 saturated carbocycles. The van der Waals surface area contributed by atoms with E-state index in [0.29, 0.717) is 6.54 Å². The SMILES string of the molecule is CCN(CC(N)=NO)S(=O)(=O)NCC(C)C. The van der Waals surface area contributed by atoms with Gasteiger partial charge in [-0.25, -0.2) is 4.72 Å². The molecule has 0 unspecified atom stereocenters. The van der Waals surface area contributed by atoms with Gasteiger partial charge in [0.2, 0.25) is 0 Å². The lowest BCUT2D eigenvalue weighted by Gasteiger charge is -2.20. The highest BCUT2D eigenvalue weighted by molar-refractivity contribution is 7.87. The van der Waals surface area contributed by atoms with Gasteiger partial charge in [-0.05, 0) is 5.92 Å². The molecule has 8 heteroatoms. The maximum Gasteiger partial charge on any atom is 0.279 e. The van der Waals surface area contributed by atoms with E-state index in [0.717, 1.165) is 4.31 Å². The van der Waals surface area contributed by atoms with Gasteiger partial charge in [0.05, 0.1) is 6.54 Å². The molecule has 16 heavy (non-hydrogen) atoms. The van der Waals surface area contributed by atoms with E-state index < -0.39 is 10.2 Å². The first kappa shape index (κ1) is 15.1. The summed E-state index contributed by atoms with van der Waals surface area (Å²) in [5.41, 5.74) is 5.27. The highest BCUT2D eigenvalue weighted by atomic mass is 32.2. The number of nitrogens with two attached hydrogens (primary N) is 1. The Morgan fingerprint density at radius 3 is 2.50 bits per heavy atom. The second-order valence-corrected chi connectivity index (χ2v) is 5.52. The number of rotatable bonds is 7. The van der Waals surface area contributed by atoms with Crippen LogP contribution in [0.5, 0.6) is 0 Å². The number of amidine groups is 1. The number of hydrogen-bond donors (Lipinski definition) is 3. The van der Waals surface area contributed by atoms with Gasteiger partial charge in [0.15, 0.2) is 5.84 Å². The third-order valence-electron chi connectivity index (χ3n) is 1.83. The predicted octanol–water partition coefficient (Wildman–Crippen LogP) is -0.455. The van der Waals surface area contributed by atoms with Crippen LogP contribution >= 0.6 is 0 Å². The minimum atomic E-state index is -3.56. The topological polar surface area (TPSA) is 108 Å². The summed E-state index contributed by atoms with van der Waals surface area (Å²) in [6.45, 7) is 5.98. The maximum atomic E-state index is 11.7. The number of nitrogens with one attached hydrogen (secondary N) is 1. The molecule has 0 radical (unpaired) electrons. The minimum Gasteiger partial charge on any atom is -0.409 e. The quantitative estimate of drug-likeness (QED) is 0.247. The van der Waals surface area contributed by atoms with Gasteiger partial charge in [-0.15, -0.1) is 0 Å². The molecule has 0 atom stereocenters. The van der Waals surface area contributed by atoms with Gasteiger partial charge in [0.25, 0.3) is 10.2 Å². The van der Waals surface area contributed by atoms with Crippen LogP contribution in [0.3, 0.4) is 0 Å². The van der Waals surface area contributed by atoms with Crippen LogP contribution in [0.25, 0.3) is 0 Å². The molecule has 0 bridgehead atoms. The van der Waals surface area contributed by atoms with E-state index >= 15 is 0 Å². The van der Waals surface area contributed by atoms with E-state index in [1.165, 1.54) is 0 Å². The predicted molar refractivity (Wildman–Crippen MR) is 62.4 cm³/mol. The summed E-state index contributed by atoms with van der Waals surface area (Å²) in [6, 6.07) is 0. The average molecular weight is 252 g/mol. The lowest BCUT2D eigenvalue weighted by atomic mass is 10.2. The van der Waals surface area contributed by atoms with Gasteiger partial charge in [-0.1, -0.05) is 25.9 Å². The number of oxime groups is 1. The summed E-state index contributed by atoms with van der Waals surface area (Å²) >= 11 is 0. The van der Waals surface area contributed by atoms with Gasteiger partial charge in [-0.3, -0.25) is 0 Å². The van der Waals surface area contributed by atoms with Gasteiger partial charge < -0.3 is 10.9 Å². The Bertz CT molecular complexity index is 326. The second kappa shape index (κ2) is 6.66. The Kier molecular flexibility index (Phi) is 6.31. The van der Waals surface area contributed by atoms with Crippen LogP contribution in [0, 0.1) is 5.92 Å². The van der Waals surface area contributed by atoms with Crippen molar-refractivity contribution >= 4 is 16.0 Å². The fraction of sp³-hybridized carbons (Fsp3) is 0.875. The fourth-order valence-corrected chi connectivity index (χ4v) is 2.31. The van der Waals surface area contributed by atoms with E-state index in [1.54, 1.807) is 6.92 Å². The van der Waals surface area contributed by atoms with Crippen molar-refractivity contribution < 1.29 is 13.6 Å². The van der Waals surface area contributed by atoms with Gasteiger partial charge in [-0.2, -0.15) is 12.7 Å². The molecule has 4 N–H and O–H groups in total. The zero-order valence-corrected chi connectivity index (χ0v) is 10.7. The van der Waals surface area contributed by atoms with Crippen molar-refractivity contribution in [1.82, 2.24) is 9.03 Å². The summed E-state index contributed by atoms with van der Waals surface area (Å²) in [5, 5.41) is 11.1. The standard InChI is InChI=1S/C8H20N4O3S/c1-4-12(6-8(9)11-13)16(14,15)10-5-7(2)3/h7,10,13H,4-6H2,1-3H3,(H2,9,11). The van der Waals surface area contributed by atoms with Gasteiger partial charge in [0, 0.05) is 13.1 Å². The summed E-state index contributed by atoms with van der Waals surface area (Å²) in [6.07, 6.45) is 0. The molecule has 0 aromatic carbocycles. The largest absolute Gasteiger partial charge is 0.409 e. The number of likely N-dealkylation sites (N-methyl/N-ethyl adjacent to an activating group) is 1. The zero-order valence-electron chi connectivity index (χ0n) is 9.84. The second-order valence-electron chi connectivity index (χ2n) is 3.76. The Hall–Kier alpha value is -0.860. The van der Waals surface area contributed by atoms with Crippen LogP contribution < -0.4 is 10.5 Å². The van der Waals surface area contributed by atoms with Crippen molar-refractivity contribution in [2.24, 2.45) is 16.8 Å². The molecular weight excluding hydrogens is 232 g/mol. The van der Waals surface area contributed by atoms with Gasteiger partial charge >= 0.3 is 0 Å². The zero-order chi connectivity index (χ0) is 12.8. The van der Waals surface area contributed by atoms with Crippen molar-refractivity contribution in [3.63, 3.8) is 0 Å². The van der Waals surface area contributed by atoms with Crippen molar-refractivity contribution in [2.75, 3.05) is 19.6 Å². The van der Waals surface area contributed by atoms with Crippen LogP contribution in [-0.4, -0.2) is 43.4 Å². The summed E-state index contributed by atoms with van der Waals surface area (Å²) in [7, 11) is -3.56. The van der Waals surface area contributed by atoms with Crippen molar-refractivity contribution in [3.05, 3.63) is 0 Å². The third kappa shape index (κ3) is 5.29. The lowest BCUT2D eigenvalue weighted by molar-refractivity contribution is 0.314. The molecule has 0 heterocycles. The first-order chi connectivity index (χ1) is 7.33. The summed E-state index contributed by atoms with van der Waals surface area (Å²) < 4.78 is 27.0. The highest BCUT2D eigenvalue weighted by Crippen LogP contribution is 1.99. The van der Waals surface area contributed by atoms with Crippen LogP contribution in [0.15, 0.2) is 5.16 Å². The molecule has 0 aliphatic heterocycles. The van der Waals surface area contributed by atoms with Crippen LogP contribution in [0.2, 0.25) is 0 Å². The molecule has 0 saturated heterocycles. The third-order valence-corrected chi connectivity index (χ3v) is 3.43. The van der Waals surface area contributed by atoms with E-state index in [9.17, 15) is 8.42 Å². The van der Waals surface area contributed by atoms with Crippen LogP contribution in [-0.2, 0) is 10.2 Å². The first-order valence-corrected chi connectivity index (χ1v) is 6.48. The smallest absolute Gasteiger partial charge is 0.279 e. The molecular formula is C8H20N4O3S. The molecule has 0 aromatic heterocycles. The van der Waals surface area contributed by atoms with Gasteiger partial charge in [0.1, 0.15) is 0 Å². The molecule has 0 fully saturated rings. The van der Waals surface area contributed by atoms with Crippen molar-refractivity contribution in [3.8, 4) is 0 Å². The van der Waals surface area contributed by atoms with E-state index in [4.69, 9.17) is 10.9 Å². The molecule has 0 rings (SSSR count). The Balaban J connectivity index is 4.55. The maximum absolute atomic E-state index is 11.7. The number of hydrogen-bond acceptors (Lipinski definition) is 4. The molecule has 7 nitrogen and oxygen atoms in total. The monoisotopic (exact) mass is 252 g/mol. The van der Waals surface area contributed by atoms with Crippen LogP contribution in [0.4, 0.5) is 0 Å². The molecule has 0 spiro atoms. The summed E-state index contributed by atoms with van der Waals surface area (Å²) in [5.74, 6) is 0.0779. The molecule has 0 aliphatic rings. The molecule has 96 valence electrons. The fourth-order valence-electron chi connectivity index (χ4n) is 0.942. The number of nitrogens with zero attached hydrogens (tertiary/aromatic N) is 2. The minimum absolute atomic E-state index is 0.125. The van der Waals surface area contributed by atoms with Crippen LogP contribution in [0.1, 0.15) is 20.8 Å². The Labute approximate surface area is 96.5 Å². The normalized spacial score (nSPS) is 13.7.